The Bertz CT molecular complexity index is 610. The second kappa shape index (κ2) is 5.95. The van der Waals surface area contributed by atoms with Gasteiger partial charge in [-0.15, -0.1) is 0 Å². The van der Waals surface area contributed by atoms with Crippen molar-refractivity contribution in [2.75, 3.05) is 25.3 Å². The third-order valence-electron chi connectivity index (χ3n) is 3.52. The molecule has 0 N–H and O–H groups in total. The summed E-state index contributed by atoms with van der Waals surface area (Å²) in [6.07, 6.45) is 0. The summed E-state index contributed by atoms with van der Waals surface area (Å²) in [5.41, 5.74) is 2.26. The topological polar surface area (TPSA) is 30.9 Å². The van der Waals surface area contributed by atoms with E-state index in [9.17, 15) is 0 Å². The molecule has 0 atom stereocenters. The van der Waals surface area contributed by atoms with Gasteiger partial charge in [0.1, 0.15) is 17.2 Å². The largest absolute Gasteiger partial charge is 0.497 e. The zero-order chi connectivity index (χ0) is 14.7. The standard InChI is InChI=1S/C17H19NO3/c1-3-20-16-8-9-17-13(10-16)11-18(12-21-17)14-4-6-15(19-2)7-5-14/h4-10H,3,11-12H2,1-2H3. The maximum absolute atomic E-state index is 5.82. The van der Waals surface area contributed by atoms with Gasteiger partial charge >= 0.3 is 0 Å². The highest BCUT2D eigenvalue weighted by molar-refractivity contribution is 5.52. The molecule has 21 heavy (non-hydrogen) atoms. The molecule has 0 radical (unpaired) electrons. The van der Waals surface area contributed by atoms with E-state index in [2.05, 4.69) is 11.0 Å². The van der Waals surface area contributed by atoms with E-state index in [4.69, 9.17) is 14.2 Å². The van der Waals surface area contributed by atoms with E-state index in [1.165, 1.54) is 0 Å². The lowest BCUT2D eigenvalue weighted by Gasteiger charge is -2.31. The molecular formula is C17H19NO3. The van der Waals surface area contributed by atoms with Crippen LogP contribution in [-0.2, 0) is 6.54 Å². The molecule has 0 amide bonds. The van der Waals surface area contributed by atoms with Crippen LogP contribution in [0.15, 0.2) is 42.5 Å². The zero-order valence-electron chi connectivity index (χ0n) is 12.3. The van der Waals surface area contributed by atoms with Crippen LogP contribution in [0.1, 0.15) is 12.5 Å². The Morgan fingerprint density at radius 3 is 2.57 bits per heavy atom. The van der Waals surface area contributed by atoms with E-state index in [0.29, 0.717) is 13.3 Å². The fourth-order valence-corrected chi connectivity index (χ4v) is 2.43. The van der Waals surface area contributed by atoms with Gasteiger partial charge in [0.05, 0.1) is 13.7 Å². The summed E-state index contributed by atoms with van der Waals surface area (Å²) in [7, 11) is 1.67. The van der Waals surface area contributed by atoms with E-state index in [1.54, 1.807) is 7.11 Å². The second-order valence-electron chi connectivity index (χ2n) is 4.87. The highest BCUT2D eigenvalue weighted by Crippen LogP contribution is 2.31. The summed E-state index contributed by atoms with van der Waals surface area (Å²) < 4.78 is 16.6. The van der Waals surface area contributed by atoms with Crippen LogP contribution in [0.2, 0.25) is 0 Å². The molecule has 0 aromatic heterocycles. The number of methoxy groups -OCH3 is 1. The van der Waals surface area contributed by atoms with Crippen LogP contribution in [0.3, 0.4) is 0 Å². The Morgan fingerprint density at radius 2 is 1.86 bits per heavy atom. The van der Waals surface area contributed by atoms with E-state index >= 15 is 0 Å². The van der Waals surface area contributed by atoms with Crippen LogP contribution in [-0.4, -0.2) is 20.4 Å². The highest BCUT2D eigenvalue weighted by Gasteiger charge is 2.18. The fourth-order valence-electron chi connectivity index (χ4n) is 2.43. The van der Waals surface area contributed by atoms with E-state index in [0.717, 1.165) is 35.0 Å². The molecule has 0 spiro atoms. The van der Waals surface area contributed by atoms with Gasteiger partial charge in [0.25, 0.3) is 0 Å². The van der Waals surface area contributed by atoms with Crippen LogP contribution < -0.4 is 19.1 Å². The summed E-state index contributed by atoms with van der Waals surface area (Å²) >= 11 is 0. The summed E-state index contributed by atoms with van der Waals surface area (Å²) in [6, 6.07) is 14.0. The summed E-state index contributed by atoms with van der Waals surface area (Å²) in [4.78, 5) is 2.18. The first kappa shape index (κ1) is 13.6. The van der Waals surface area contributed by atoms with Gasteiger partial charge in [0.15, 0.2) is 6.73 Å². The molecule has 4 nitrogen and oxygen atoms in total. The number of benzene rings is 2. The third kappa shape index (κ3) is 2.89. The molecule has 2 aromatic carbocycles. The first-order chi connectivity index (χ1) is 10.3. The maximum Gasteiger partial charge on any atom is 0.161 e. The Labute approximate surface area is 124 Å². The lowest BCUT2D eigenvalue weighted by Crippen LogP contribution is -2.31. The molecule has 4 heteroatoms. The smallest absolute Gasteiger partial charge is 0.161 e. The van der Waals surface area contributed by atoms with Crippen molar-refractivity contribution >= 4 is 5.69 Å². The quantitative estimate of drug-likeness (QED) is 0.861. The maximum atomic E-state index is 5.82. The van der Waals surface area contributed by atoms with Crippen LogP contribution in [0.5, 0.6) is 17.2 Å². The number of hydrogen-bond acceptors (Lipinski definition) is 4. The Balaban J connectivity index is 1.80. The predicted octanol–water partition coefficient (Wildman–Crippen LogP) is 3.45. The number of ether oxygens (including phenoxy) is 3. The molecule has 0 saturated heterocycles. The molecule has 0 saturated carbocycles. The fraction of sp³-hybridized carbons (Fsp3) is 0.294. The van der Waals surface area contributed by atoms with Crippen molar-refractivity contribution in [2.24, 2.45) is 0 Å². The van der Waals surface area contributed by atoms with Gasteiger partial charge < -0.3 is 19.1 Å². The second-order valence-corrected chi connectivity index (χ2v) is 4.87. The van der Waals surface area contributed by atoms with Crippen molar-refractivity contribution in [3.8, 4) is 17.2 Å². The molecule has 3 rings (SSSR count). The Kier molecular flexibility index (Phi) is 3.86. The average Bonchev–Trinajstić information content (AvgIpc) is 2.54. The summed E-state index contributed by atoms with van der Waals surface area (Å²) in [5, 5.41) is 0. The van der Waals surface area contributed by atoms with Crippen molar-refractivity contribution in [1.82, 2.24) is 0 Å². The van der Waals surface area contributed by atoms with Crippen LogP contribution in [0, 0.1) is 0 Å². The van der Waals surface area contributed by atoms with Crippen molar-refractivity contribution in [3.05, 3.63) is 48.0 Å². The predicted molar refractivity (Wildman–Crippen MR) is 82.3 cm³/mol. The van der Waals surface area contributed by atoms with E-state index in [-0.39, 0.29) is 0 Å². The number of hydrogen-bond donors (Lipinski definition) is 0. The highest BCUT2D eigenvalue weighted by atomic mass is 16.5. The number of nitrogens with zero attached hydrogens (tertiary/aromatic N) is 1. The molecule has 1 aliphatic heterocycles. The van der Waals surface area contributed by atoms with Crippen molar-refractivity contribution in [1.29, 1.82) is 0 Å². The van der Waals surface area contributed by atoms with Gasteiger partial charge in [-0.25, -0.2) is 0 Å². The van der Waals surface area contributed by atoms with Gasteiger partial charge in [-0.1, -0.05) is 0 Å². The van der Waals surface area contributed by atoms with Gasteiger partial charge in [0, 0.05) is 17.8 Å². The van der Waals surface area contributed by atoms with Gasteiger partial charge in [-0.2, -0.15) is 0 Å². The zero-order valence-corrected chi connectivity index (χ0v) is 12.3. The first-order valence-electron chi connectivity index (χ1n) is 7.07. The molecule has 0 aliphatic carbocycles. The minimum Gasteiger partial charge on any atom is -0.497 e. The molecule has 1 heterocycles. The van der Waals surface area contributed by atoms with Crippen molar-refractivity contribution in [2.45, 2.75) is 13.5 Å². The first-order valence-corrected chi connectivity index (χ1v) is 7.07. The lowest BCUT2D eigenvalue weighted by molar-refractivity contribution is 0.286. The summed E-state index contributed by atoms with van der Waals surface area (Å²) in [6.45, 7) is 4.01. The number of anilines is 1. The minimum atomic E-state index is 0.549. The molecule has 0 fully saturated rings. The molecule has 2 aromatic rings. The molecule has 0 unspecified atom stereocenters. The average molecular weight is 285 g/mol. The van der Waals surface area contributed by atoms with Gasteiger partial charge in [-0.3, -0.25) is 0 Å². The number of fused-ring (bicyclic) bond motifs is 1. The SMILES string of the molecule is CCOc1ccc2c(c1)CN(c1ccc(OC)cc1)CO2. The Hall–Kier alpha value is -2.36. The van der Waals surface area contributed by atoms with Crippen molar-refractivity contribution in [3.63, 3.8) is 0 Å². The molecule has 0 bridgehead atoms. The van der Waals surface area contributed by atoms with E-state index < -0.39 is 0 Å². The van der Waals surface area contributed by atoms with Crippen LogP contribution in [0.25, 0.3) is 0 Å². The minimum absolute atomic E-state index is 0.549. The van der Waals surface area contributed by atoms with Crippen LogP contribution in [0.4, 0.5) is 5.69 Å². The monoisotopic (exact) mass is 285 g/mol. The van der Waals surface area contributed by atoms with Crippen LogP contribution >= 0.6 is 0 Å². The normalized spacial score (nSPS) is 13.3. The lowest BCUT2D eigenvalue weighted by atomic mass is 10.1. The Morgan fingerprint density at radius 1 is 1.10 bits per heavy atom. The molecule has 110 valence electrons. The van der Waals surface area contributed by atoms with E-state index in [1.807, 2.05) is 43.3 Å². The van der Waals surface area contributed by atoms with Crippen molar-refractivity contribution < 1.29 is 14.2 Å². The summed E-state index contributed by atoms with van der Waals surface area (Å²) in [5.74, 6) is 2.68. The van der Waals surface area contributed by atoms with Gasteiger partial charge in [-0.05, 0) is 49.4 Å². The third-order valence-corrected chi connectivity index (χ3v) is 3.52. The number of rotatable bonds is 4. The molecular weight excluding hydrogens is 266 g/mol. The molecule has 1 aliphatic rings. The van der Waals surface area contributed by atoms with Gasteiger partial charge in [0.2, 0.25) is 0 Å².